The largest absolute Gasteiger partial charge is 0.419 e. The summed E-state index contributed by atoms with van der Waals surface area (Å²) >= 11 is 0. The molecule has 1 N–H and O–H groups in total. The highest BCUT2D eigenvalue weighted by Crippen LogP contribution is 2.28. The van der Waals surface area contributed by atoms with Crippen LogP contribution in [0.25, 0.3) is 11.5 Å². The molecule has 0 saturated carbocycles. The Kier molecular flexibility index (Phi) is 6.39. The van der Waals surface area contributed by atoms with Crippen LogP contribution in [0.1, 0.15) is 56.8 Å². The second-order valence-corrected chi connectivity index (χ2v) is 7.45. The zero-order chi connectivity index (χ0) is 21.0. The summed E-state index contributed by atoms with van der Waals surface area (Å²) in [7, 11) is 0. The zero-order valence-electron chi connectivity index (χ0n) is 17.1. The summed E-state index contributed by atoms with van der Waals surface area (Å²) in [4.78, 5) is 10.4. The van der Waals surface area contributed by atoms with Gasteiger partial charge in [0.2, 0.25) is 11.8 Å². The van der Waals surface area contributed by atoms with Crippen LogP contribution in [0.2, 0.25) is 0 Å². The molecule has 0 aliphatic rings. The van der Waals surface area contributed by atoms with Crippen LogP contribution in [0.5, 0.6) is 0 Å². The number of aromatic nitrogens is 2. The molecule has 3 aromatic rings. The first-order chi connectivity index (χ1) is 13.9. The number of nitro groups is 1. The second-order valence-electron chi connectivity index (χ2n) is 7.45. The highest BCUT2D eigenvalue weighted by atomic mass is 16.6. The Bertz CT molecular complexity index is 949. The van der Waals surface area contributed by atoms with E-state index in [1.807, 2.05) is 6.92 Å². The first kappa shape index (κ1) is 20.7. The number of nitro benzene ring substituents is 1. The minimum absolute atomic E-state index is 0.0254. The van der Waals surface area contributed by atoms with Gasteiger partial charge in [0.25, 0.3) is 5.69 Å². The quantitative estimate of drug-likeness (QED) is 0.414. The number of non-ortho nitro benzene ring substituents is 1. The van der Waals surface area contributed by atoms with Crippen molar-refractivity contribution < 1.29 is 9.34 Å². The van der Waals surface area contributed by atoms with Crippen molar-refractivity contribution >= 4 is 5.69 Å². The molecule has 0 spiro atoms. The first-order valence-electron chi connectivity index (χ1n) is 9.82. The molecule has 7 nitrogen and oxygen atoms in total. The van der Waals surface area contributed by atoms with Crippen molar-refractivity contribution in [1.82, 2.24) is 15.5 Å². The lowest BCUT2D eigenvalue weighted by Crippen LogP contribution is -2.28. The fourth-order valence-electron chi connectivity index (χ4n) is 3.23. The zero-order valence-corrected chi connectivity index (χ0v) is 17.1. The molecule has 152 valence electrons. The molecule has 3 rings (SSSR count). The van der Waals surface area contributed by atoms with E-state index in [0.29, 0.717) is 23.3 Å². The van der Waals surface area contributed by atoms with Crippen molar-refractivity contribution in [1.29, 1.82) is 0 Å². The van der Waals surface area contributed by atoms with Crippen LogP contribution in [0.3, 0.4) is 0 Å². The molecule has 29 heavy (non-hydrogen) atoms. The Labute approximate surface area is 170 Å². The summed E-state index contributed by atoms with van der Waals surface area (Å²) in [6, 6.07) is 14.7. The molecule has 1 heterocycles. The van der Waals surface area contributed by atoms with E-state index in [2.05, 4.69) is 60.6 Å². The van der Waals surface area contributed by atoms with Crippen LogP contribution in [0.4, 0.5) is 5.69 Å². The number of hydrogen-bond donors (Lipinski definition) is 1. The van der Waals surface area contributed by atoms with Crippen LogP contribution < -0.4 is 5.32 Å². The minimum atomic E-state index is -0.436. The molecule has 0 radical (unpaired) electrons. The Morgan fingerprint density at radius 3 is 2.24 bits per heavy atom. The average molecular weight is 394 g/mol. The third-order valence-electron chi connectivity index (χ3n) is 4.98. The van der Waals surface area contributed by atoms with Crippen LogP contribution in [0.15, 0.2) is 52.9 Å². The highest BCUT2D eigenvalue weighted by Gasteiger charge is 2.22. The number of rotatable bonds is 8. The maximum atomic E-state index is 10.8. The molecule has 0 saturated heterocycles. The minimum Gasteiger partial charge on any atom is -0.419 e. The number of nitrogens with zero attached hydrogens (tertiary/aromatic N) is 3. The molecule has 0 amide bonds. The van der Waals surface area contributed by atoms with Crippen molar-refractivity contribution in [2.24, 2.45) is 5.92 Å². The van der Waals surface area contributed by atoms with Crippen LogP contribution in [-0.2, 0) is 6.42 Å². The normalized spacial score (nSPS) is 13.4. The Morgan fingerprint density at radius 2 is 1.69 bits per heavy atom. The molecule has 0 fully saturated rings. The van der Waals surface area contributed by atoms with Gasteiger partial charge in [0.15, 0.2) is 0 Å². The number of nitrogens with one attached hydrogen (secondary N) is 1. The van der Waals surface area contributed by atoms with E-state index in [-0.39, 0.29) is 17.8 Å². The van der Waals surface area contributed by atoms with Crippen LogP contribution >= 0.6 is 0 Å². The molecule has 7 heteroatoms. The Balaban J connectivity index is 1.75. The van der Waals surface area contributed by atoms with E-state index in [9.17, 15) is 10.1 Å². The Morgan fingerprint density at radius 1 is 1.03 bits per heavy atom. The van der Waals surface area contributed by atoms with Gasteiger partial charge in [0, 0.05) is 23.7 Å². The van der Waals surface area contributed by atoms with Crippen molar-refractivity contribution in [3.63, 3.8) is 0 Å². The van der Waals surface area contributed by atoms with Crippen LogP contribution in [-0.4, -0.2) is 15.1 Å². The van der Waals surface area contributed by atoms with Gasteiger partial charge in [-0.1, -0.05) is 45.0 Å². The Hall–Kier alpha value is -3.06. The molecule has 0 bridgehead atoms. The highest BCUT2D eigenvalue weighted by molar-refractivity contribution is 5.55. The van der Waals surface area contributed by atoms with Crippen molar-refractivity contribution in [2.45, 2.75) is 46.2 Å². The third-order valence-corrected chi connectivity index (χ3v) is 4.98. The summed E-state index contributed by atoms with van der Waals surface area (Å²) in [5.41, 5.74) is 3.21. The van der Waals surface area contributed by atoms with E-state index in [1.54, 1.807) is 12.1 Å². The lowest BCUT2D eigenvalue weighted by Gasteiger charge is -2.25. The maximum Gasteiger partial charge on any atom is 0.269 e. The van der Waals surface area contributed by atoms with Gasteiger partial charge in [-0.2, -0.15) is 0 Å². The summed E-state index contributed by atoms with van der Waals surface area (Å²) in [6.45, 7) is 8.48. The molecular weight excluding hydrogens is 368 g/mol. The molecule has 2 aromatic carbocycles. The number of aryl methyl sites for hydroxylation is 1. The molecular formula is C22H26N4O3. The third kappa shape index (κ3) is 4.86. The topological polar surface area (TPSA) is 94.1 Å². The van der Waals surface area contributed by atoms with E-state index >= 15 is 0 Å². The fraction of sp³-hybridized carbons (Fsp3) is 0.364. The summed E-state index contributed by atoms with van der Waals surface area (Å²) < 4.78 is 5.83. The monoisotopic (exact) mass is 394 g/mol. The molecule has 1 aromatic heterocycles. The maximum absolute atomic E-state index is 10.8. The van der Waals surface area contributed by atoms with Gasteiger partial charge in [-0.3, -0.25) is 15.4 Å². The van der Waals surface area contributed by atoms with Crippen molar-refractivity contribution in [2.75, 3.05) is 0 Å². The molecule has 0 aliphatic heterocycles. The lowest BCUT2D eigenvalue weighted by molar-refractivity contribution is -0.384. The van der Waals surface area contributed by atoms with E-state index < -0.39 is 4.92 Å². The van der Waals surface area contributed by atoms with Gasteiger partial charge in [0.1, 0.15) is 0 Å². The average Bonchev–Trinajstić information content (AvgIpc) is 3.22. The van der Waals surface area contributed by atoms with Gasteiger partial charge in [-0.05, 0) is 42.5 Å². The smallest absolute Gasteiger partial charge is 0.269 e. The van der Waals surface area contributed by atoms with Gasteiger partial charge < -0.3 is 4.42 Å². The summed E-state index contributed by atoms with van der Waals surface area (Å²) in [5.74, 6) is 1.20. The van der Waals surface area contributed by atoms with E-state index in [4.69, 9.17) is 4.42 Å². The first-order valence-corrected chi connectivity index (χ1v) is 9.82. The lowest BCUT2D eigenvalue weighted by atomic mass is 9.94. The second kappa shape index (κ2) is 8.96. The molecule has 2 atom stereocenters. The van der Waals surface area contributed by atoms with Crippen molar-refractivity contribution in [3.05, 3.63) is 75.7 Å². The van der Waals surface area contributed by atoms with E-state index in [1.165, 1.54) is 23.3 Å². The standard InChI is InChI=1S/C22H26N4O3/c1-5-16-6-8-17(9-7-16)20(14(2)3)23-15(4)21-24-25-22(29-21)18-10-12-19(13-11-18)26(27)28/h6-15,20,23H,5H2,1-4H3/t15-,20-/m0/s1. The summed E-state index contributed by atoms with van der Waals surface area (Å²) in [5, 5.41) is 22.7. The summed E-state index contributed by atoms with van der Waals surface area (Å²) in [6.07, 6.45) is 1.02. The van der Waals surface area contributed by atoms with Gasteiger partial charge in [-0.25, -0.2) is 0 Å². The molecule has 0 aliphatic carbocycles. The predicted molar refractivity (Wildman–Crippen MR) is 111 cm³/mol. The SMILES string of the molecule is CCc1ccc([C@@H](N[C@@H](C)c2nnc(-c3ccc([N+](=O)[O-])cc3)o2)C(C)C)cc1. The molecule has 0 unspecified atom stereocenters. The van der Waals surface area contributed by atoms with Gasteiger partial charge in [0.05, 0.1) is 11.0 Å². The number of benzene rings is 2. The van der Waals surface area contributed by atoms with E-state index in [0.717, 1.165) is 6.42 Å². The van der Waals surface area contributed by atoms with Gasteiger partial charge >= 0.3 is 0 Å². The van der Waals surface area contributed by atoms with Gasteiger partial charge in [-0.15, -0.1) is 10.2 Å². The van der Waals surface area contributed by atoms with Crippen LogP contribution in [0, 0.1) is 16.0 Å². The predicted octanol–water partition coefficient (Wildman–Crippen LogP) is 5.26. The van der Waals surface area contributed by atoms with Crippen molar-refractivity contribution in [3.8, 4) is 11.5 Å². The number of hydrogen-bond acceptors (Lipinski definition) is 6. The fourth-order valence-corrected chi connectivity index (χ4v) is 3.23.